The first kappa shape index (κ1) is 16.7. The Labute approximate surface area is 153 Å². The average Bonchev–Trinajstić information content (AvgIpc) is 2.72. The molecule has 1 aromatic heterocycles. The van der Waals surface area contributed by atoms with Crippen molar-refractivity contribution in [1.82, 2.24) is 4.57 Å². The van der Waals surface area contributed by atoms with Crippen molar-refractivity contribution in [1.29, 1.82) is 0 Å². The zero-order valence-electron chi connectivity index (χ0n) is 13.0. The molecule has 3 aromatic rings. The third-order valence-electron chi connectivity index (χ3n) is 3.79. The van der Waals surface area contributed by atoms with Gasteiger partial charge in [-0.25, -0.2) is 4.21 Å². The van der Waals surface area contributed by atoms with Crippen molar-refractivity contribution in [2.45, 2.75) is 11.8 Å². The van der Waals surface area contributed by atoms with E-state index >= 15 is 0 Å². The van der Waals surface area contributed by atoms with E-state index in [9.17, 15) is 4.21 Å². The Morgan fingerprint density at radius 3 is 2.39 bits per heavy atom. The topological polar surface area (TPSA) is 34.4 Å². The van der Waals surface area contributed by atoms with Crippen LogP contribution in [-0.2, 0) is 16.8 Å². The molecule has 0 aliphatic rings. The van der Waals surface area contributed by atoms with Crippen molar-refractivity contribution in [2.75, 3.05) is 6.26 Å². The van der Waals surface area contributed by atoms with E-state index in [1.807, 2.05) is 61.0 Å². The van der Waals surface area contributed by atoms with Gasteiger partial charge in [0.15, 0.2) is 5.82 Å². The summed E-state index contributed by atoms with van der Waals surface area (Å²) in [6.45, 7) is 2.01. The van der Waals surface area contributed by atoms with Crippen LogP contribution in [-0.4, -0.2) is 15.0 Å². The molecule has 1 unspecified atom stereocenters. The molecular formula is C17H16Br2N2OS. The van der Waals surface area contributed by atoms with Gasteiger partial charge in [0, 0.05) is 28.1 Å². The first-order valence-electron chi connectivity index (χ1n) is 7.02. The third-order valence-corrected chi connectivity index (χ3v) is 6.73. The van der Waals surface area contributed by atoms with Crippen LogP contribution in [0.4, 0.5) is 5.82 Å². The molecule has 0 spiro atoms. The fraction of sp³-hybridized carbons (Fsp3) is 0.176. The molecule has 0 aliphatic heterocycles. The van der Waals surface area contributed by atoms with E-state index in [-0.39, 0.29) is 0 Å². The predicted octanol–water partition coefficient (Wildman–Crippen LogP) is 5.80. The molecule has 0 saturated carbocycles. The van der Waals surface area contributed by atoms with Crippen LogP contribution in [0.5, 0.6) is 0 Å². The minimum atomic E-state index is -2.52. The molecule has 2 aromatic carbocycles. The van der Waals surface area contributed by atoms with Crippen LogP contribution in [0.2, 0.25) is 0 Å². The second kappa shape index (κ2) is 6.07. The Balaban J connectivity index is 2.24. The van der Waals surface area contributed by atoms with E-state index < -0.39 is 9.73 Å². The van der Waals surface area contributed by atoms with Crippen molar-refractivity contribution in [3.05, 3.63) is 57.0 Å². The highest BCUT2D eigenvalue weighted by Gasteiger charge is 2.15. The van der Waals surface area contributed by atoms with Gasteiger partial charge in [0.1, 0.15) is 0 Å². The van der Waals surface area contributed by atoms with E-state index in [1.54, 1.807) is 6.26 Å². The molecule has 0 aliphatic carbocycles. The normalized spacial score (nSPS) is 14.0. The van der Waals surface area contributed by atoms with E-state index in [1.165, 1.54) is 0 Å². The number of halogens is 2. The summed E-state index contributed by atoms with van der Waals surface area (Å²) >= 11 is 7.10. The quantitative estimate of drug-likeness (QED) is 0.480. The number of aryl methyl sites for hydroxylation is 2. The summed E-state index contributed by atoms with van der Waals surface area (Å²) in [4.78, 5) is 0.737. The van der Waals surface area contributed by atoms with Crippen LogP contribution in [0.25, 0.3) is 10.9 Å². The van der Waals surface area contributed by atoms with Gasteiger partial charge in [-0.1, -0.05) is 39.7 Å². The number of hydrogen-bond acceptors (Lipinski definition) is 2. The van der Waals surface area contributed by atoms with E-state index in [2.05, 4.69) is 36.2 Å². The summed E-state index contributed by atoms with van der Waals surface area (Å²) in [5.74, 6) is 0.686. The fourth-order valence-corrected chi connectivity index (χ4v) is 4.91. The largest absolute Gasteiger partial charge is 0.327 e. The molecule has 0 bridgehead atoms. The van der Waals surface area contributed by atoms with Crippen LogP contribution in [0, 0.1) is 6.92 Å². The van der Waals surface area contributed by atoms with Crippen molar-refractivity contribution in [2.24, 2.45) is 11.4 Å². The number of fused-ring (bicyclic) bond motifs is 1. The molecule has 0 N–H and O–H groups in total. The van der Waals surface area contributed by atoms with Gasteiger partial charge in [-0.2, -0.15) is 4.36 Å². The molecule has 6 heteroatoms. The summed E-state index contributed by atoms with van der Waals surface area (Å²) in [5.41, 5.74) is 2.17. The van der Waals surface area contributed by atoms with Gasteiger partial charge in [0.05, 0.1) is 19.7 Å². The van der Waals surface area contributed by atoms with Crippen LogP contribution >= 0.6 is 31.9 Å². The molecule has 3 nitrogen and oxygen atoms in total. The standard InChI is InChI=1S/C17H16Br2N2OS/c1-11-4-7-13(8-5-11)23(3,22)20-17-16(19)14-9-6-12(18)10-15(14)21(17)2/h4-10H,1-3H3. The van der Waals surface area contributed by atoms with Gasteiger partial charge >= 0.3 is 0 Å². The number of rotatable bonds is 2. The zero-order valence-corrected chi connectivity index (χ0v) is 17.0. The molecule has 120 valence electrons. The SMILES string of the molecule is Cc1ccc(S(C)(=O)=Nc2c(Br)c3ccc(Br)cc3n2C)cc1. The predicted molar refractivity (Wildman–Crippen MR) is 104 cm³/mol. The maximum atomic E-state index is 13.1. The summed E-state index contributed by atoms with van der Waals surface area (Å²) in [6, 6.07) is 13.7. The third kappa shape index (κ3) is 3.12. The molecular weight excluding hydrogens is 440 g/mol. The lowest BCUT2D eigenvalue weighted by molar-refractivity contribution is 0.680. The first-order valence-corrected chi connectivity index (χ1v) is 10.5. The van der Waals surface area contributed by atoms with Gasteiger partial charge in [-0.3, -0.25) is 0 Å². The summed E-state index contributed by atoms with van der Waals surface area (Å²) in [6.07, 6.45) is 1.68. The molecule has 0 radical (unpaired) electrons. The van der Waals surface area contributed by atoms with Crippen LogP contribution in [0.3, 0.4) is 0 Å². The average molecular weight is 456 g/mol. The Morgan fingerprint density at radius 2 is 1.74 bits per heavy atom. The highest BCUT2D eigenvalue weighted by atomic mass is 79.9. The molecule has 1 heterocycles. The smallest absolute Gasteiger partial charge is 0.157 e. The van der Waals surface area contributed by atoms with Crippen molar-refractivity contribution in [3.8, 4) is 0 Å². The Bertz CT molecular complexity index is 1010. The number of aromatic nitrogens is 1. The summed E-state index contributed by atoms with van der Waals surface area (Å²) < 4.78 is 21.5. The second-order valence-corrected chi connectivity index (χ2v) is 9.53. The molecule has 23 heavy (non-hydrogen) atoms. The number of nitrogens with zero attached hydrogens (tertiary/aromatic N) is 2. The van der Waals surface area contributed by atoms with Gasteiger partial charge in [0.25, 0.3) is 0 Å². The van der Waals surface area contributed by atoms with Crippen LogP contribution in [0.1, 0.15) is 5.56 Å². The number of benzene rings is 2. The van der Waals surface area contributed by atoms with Gasteiger partial charge in [-0.15, -0.1) is 0 Å². The Kier molecular flexibility index (Phi) is 4.42. The van der Waals surface area contributed by atoms with Crippen molar-refractivity contribution >= 4 is 58.3 Å². The monoisotopic (exact) mass is 454 g/mol. The molecule has 0 fully saturated rings. The fourth-order valence-electron chi connectivity index (χ4n) is 2.46. The lowest BCUT2D eigenvalue weighted by Gasteiger charge is -2.06. The van der Waals surface area contributed by atoms with E-state index in [0.29, 0.717) is 5.82 Å². The van der Waals surface area contributed by atoms with Gasteiger partial charge < -0.3 is 4.57 Å². The summed E-state index contributed by atoms with van der Waals surface area (Å²) in [7, 11) is -0.587. The Hall–Kier alpha value is -1.11. The minimum Gasteiger partial charge on any atom is -0.327 e. The highest BCUT2D eigenvalue weighted by molar-refractivity contribution is 9.11. The van der Waals surface area contributed by atoms with Gasteiger partial charge in [-0.05, 0) is 47.1 Å². The molecule has 0 saturated heterocycles. The van der Waals surface area contributed by atoms with Crippen LogP contribution < -0.4 is 0 Å². The number of hydrogen-bond donors (Lipinski definition) is 0. The van der Waals surface area contributed by atoms with E-state index in [4.69, 9.17) is 0 Å². The van der Waals surface area contributed by atoms with Gasteiger partial charge in [0.2, 0.25) is 0 Å². The minimum absolute atomic E-state index is 0.686. The second-order valence-electron chi connectivity index (χ2n) is 5.56. The zero-order chi connectivity index (χ0) is 16.8. The Morgan fingerprint density at radius 1 is 1.09 bits per heavy atom. The lowest BCUT2D eigenvalue weighted by Crippen LogP contribution is -1.98. The first-order chi connectivity index (χ1) is 10.8. The van der Waals surface area contributed by atoms with Crippen molar-refractivity contribution < 1.29 is 4.21 Å². The molecule has 0 amide bonds. The molecule has 1 atom stereocenters. The maximum Gasteiger partial charge on any atom is 0.157 e. The van der Waals surface area contributed by atoms with Crippen molar-refractivity contribution in [3.63, 3.8) is 0 Å². The highest BCUT2D eigenvalue weighted by Crippen LogP contribution is 2.38. The maximum absolute atomic E-state index is 13.1. The van der Waals surface area contributed by atoms with E-state index in [0.717, 1.165) is 30.3 Å². The lowest BCUT2D eigenvalue weighted by atomic mass is 10.2. The summed E-state index contributed by atoms with van der Waals surface area (Å²) in [5, 5.41) is 1.05. The molecule has 3 rings (SSSR count). The van der Waals surface area contributed by atoms with Crippen LogP contribution in [0.15, 0.2) is 60.7 Å².